The van der Waals surface area contributed by atoms with Crippen LogP contribution < -0.4 is 5.32 Å². The van der Waals surface area contributed by atoms with Gasteiger partial charge in [-0.2, -0.15) is 0 Å². The number of aliphatic hydroxyl groups is 1. The molecule has 6 nitrogen and oxygen atoms in total. The van der Waals surface area contributed by atoms with Crippen molar-refractivity contribution < 1.29 is 19.8 Å². The van der Waals surface area contributed by atoms with Crippen molar-refractivity contribution in [2.75, 3.05) is 13.1 Å². The Morgan fingerprint density at radius 3 is 2.19 bits per heavy atom. The zero-order valence-corrected chi connectivity index (χ0v) is 19.0. The molecule has 0 aliphatic carbocycles. The minimum absolute atomic E-state index is 0.123. The lowest BCUT2D eigenvalue weighted by molar-refractivity contribution is -0.138. The van der Waals surface area contributed by atoms with Gasteiger partial charge in [0.25, 0.3) is 5.91 Å². The van der Waals surface area contributed by atoms with Gasteiger partial charge in [-0.05, 0) is 54.7 Å². The van der Waals surface area contributed by atoms with Crippen LogP contribution in [0, 0.1) is 5.92 Å². The van der Waals surface area contributed by atoms with E-state index in [0.717, 1.165) is 5.56 Å². The van der Waals surface area contributed by atoms with Crippen molar-refractivity contribution in [1.29, 1.82) is 0 Å². The largest absolute Gasteiger partial charge is 0.508 e. The summed E-state index contributed by atoms with van der Waals surface area (Å²) in [6, 6.07) is 10.4. The van der Waals surface area contributed by atoms with Crippen LogP contribution in [0.4, 0.5) is 0 Å². The molecule has 2 aromatic rings. The maximum absolute atomic E-state index is 13.2. The molecule has 8 heteroatoms. The van der Waals surface area contributed by atoms with Gasteiger partial charge in [0, 0.05) is 28.7 Å². The standard InChI is InChI=1S/C23H26Cl2N2O4/c1-14(2)20(26-21(29)15-11-18(25)13-19(28)12-15)22(30)27-9-7-23(31,8-10-27)16-3-5-17(24)6-4-16/h3-6,11-14,20,28,31H,7-10H2,1-2H3,(H,26,29)/t20-/m1/s1. The van der Waals surface area contributed by atoms with Crippen molar-refractivity contribution in [2.24, 2.45) is 5.92 Å². The number of hydrogen-bond acceptors (Lipinski definition) is 4. The fraction of sp³-hybridized carbons (Fsp3) is 0.391. The van der Waals surface area contributed by atoms with E-state index in [1.807, 2.05) is 13.8 Å². The van der Waals surface area contributed by atoms with Gasteiger partial charge in [0.2, 0.25) is 5.91 Å². The van der Waals surface area contributed by atoms with Gasteiger partial charge in [0.15, 0.2) is 0 Å². The molecule has 1 atom stereocenters. The topological polar surface area (TPSA) is 89.9 Å². The number of nitrogens with one attached hydrogen (secondary N) is 1. The number of benzene rings is 2. The van der Waals surface area contributed by atoms with Crippen LogP contribution in [0.1, 0.15) is 42.6 Å². The van der Waals surface area contributed by atoms with E-state index in [1.54, 1.807) is 29.2 Å². The summed E-state index contributed by atoms with van der Waals surface area (Å²) in [6.45, 7) is 4.45. The summed E-state index contributed by atoms with van der Waals surface area (Å²) in [6.07, 6.45) is 0.780. The second-order valence-electron chi connectivity index (χ2n) is 8.26. The first-order valence-electron chi connectivity index (χ1n) is 10.2. The molecule has 0 aromatic heterocycles. The quantitative estimate of drug-likeness (QED) is 0.624. The lowest BCUT2D eigenvalue weighted by atomic mass is 9.84. The third kappa shape index (κ3) is 5.50. The maximum Gasteiger partial charge on any atom is 0.252 e. The first-order valence-corrected chi connectivity index (χ1v) is 10.9. The highest BCUT2D eigenvalue weighted by Crippen LogP contribution is 2.33. The molecular weight excluding hydrogens is 439 g/mol. The van der Waals surface area contributed by atoms with Gasteiger partial charge in [-0.15, -0.1) is 0 Å². The van der Waals surface area contributed by atoms with Crippen LogP contribution in [0.2, 0.25) is 10.0 Å². The highest BCUT2D eigenvalue weighted by Gasteiger charge is 2.38. The molecule has 31 heavy (non-hydrogen) atoms. The van der Waals surface area contributed by atoms with Crippen LogP contribution in [0.25, 0.3) is 0 Å². The van der Waals surface area contributed by atoms with E-state index in [0.29, 0.717) is 31.0 Å². The van der Waals surface area contributed by atoms with Crippen molar-refractivity contribution in [3.8, 4) is 5.75 Å². The van der Waals surface area contributed by atoms with Gasteiger partial charge >= 0.3 is 0 Å². The van der Waals surface area contributed by atoms with Crippen molar-refractivity contribution in [3.63, 3.8) is 0 Å². The molecule has 0 bridgehead atoms. The van der Waals surface area contributed by atoms with E-state index < -0.39 is 17.6 Å². The lowest BCUT2D eigenvalue weighted by Gasteiger charge is -2.40. The molecule has 1 fully saturated rings. The fourth-order valence-electron chi connectivity index (χ4n) is 3.79. The van der Waals surface area contributed by atoms with E-state index in [-0.39, 0.29) is 28.2 Å². The van der Waals surface area contributed by atoms with Crippen LogP contribution in [0.5, 0.6) is 5.75 Å². The number of phenols is 1. The van der Waals surface area contributed by atoms with E-state index in [4.69, 9.17) is 23.2 Å². The van der Waals surface area contributed by atoms with E-state index in [2.05, 4.69) is 5.32 Å². The second kappa shape index (κ2) is 9.47. The molecule has 0 radical (unpaired) electrons. The van der Waals surface area contributed by atoms with E-state index >= 15 is 0 Å². The smallest absolute Gasteiger partial charge is 0.252 e. The first-order chi connectivity index (χ1) is 14.6. The van der Waals surface area contributed by atoms with E-state index in [1.165, 1.54) is 18.2 Å². The number of carbonyl (C=O) groups is 2. The fourth-order valence-corrected chi connectivity index (χ4v) is 4.14. The average Bonchev–Trinajstić information content (AvgIpc) is 2.71. The molecule has 0 saturated carbocycles. The molecule has 0 unspecified atom stereocenters. The Kier molecular flexibility index (Phi) is 7.14. The number of nitrogens with zero attached hydrogens (tertiary/aromatic N) is 1. The third-order valence-corrected chi connectivity index (χ3v) is 6.12. The van der Waals surface area contributed by atoms with Gasteiger partial charge in [-0.3, -0.25) is 9.59 Å². The number of piperidine rings is 1. The Balaban J connectivity index is 1.68. The zero-order valence-electron chi connectivity index (χ0n) is 17.4. The number of likely N-dealkylation sites (tertiary alicyclic amines) is 1. The van der Waals surface area contributed by atoms with Crippen LogP contribution in [-0.4, -0.2) is 46.1 Å². The minimum Gasteiger partial charge on any atom is -0.508 e. The van der Waals surface area contributed by atoms with Gasteiger partial charge in [-0.25, -0.2) is 0 Å². The Morgan fingerprint density at radius 2 is 1.65 bits per heavy atom. The summed E-state index contributed by atoms with van der Waals surface area (Å²) in [5.74, 6) is -0.962. The highest BCUT2D eigenvalue weighted by molar-refractivity contribution is 6.31. The molecule has 3 rings (SSSR count). The summed E-state index contributed by atoms with van der Waals surface area (Å²) >= 11 is 11.9. The second-order valence-corrected chi connectivity index (χ2v) is 9.13. The van der Waals surface area contributed by atoms with Crippen LogP contribution in [0.15, 0.2) is 42.5 Å². The molecule has 166 valence electrons. The minimum atomic E-state index is -1.02. The predicted molar refractivity (Wildman–Crippen MR) is 120 cm³/mol. The Hall–Kier alpha value is -2.28. The van der Waals surface area contributed by atoms with Gasteiger partial charge in [-0.1, -0.05) is 49.2 Å². The van der Waals surface area contributed by atoms with Gasteiger partial charge < -0.3 is 20.4 Å². The van der Waals surface area contributed by atoms with Crippen LogP contribution in [-0.2, 0) is 10.4 Å². The number of aromatic hydroxyl groups is 1. The Morgan fingerprint density at radius 1 is 1.03 bits per heavy atom. The molecule has 2 amide bonds. The molecule has 1 aliphatic heterocycles. The summed E-state index contributed by atoms with van der Waals surface area (Å²) in [5, 5.41) is 24.3. The summed E-state index contributed by atoms with van der Waals surface area (Å²) in [5.41, 5.74) is -0.0614. The SMILES string of the molecule is CC(C)[C@@H](NC(=O)c1cc(O)cc(Cl)c1)C(=O)N1CCC(O)(c2ccc(Cl)cc2)CC1. The molecule has 0 spiro atoms. The Bertz CT molecular complexity index is 934. The maximum atomic E-state index is 13.2. The predicted octanol–water partition coefficient (Wildman–Crippen LogP) is 3.96. The lowest BCUT2D eigenvalue weighted by Crippen LogP contribution is -2.54. The summed E-state index contributed by atoms with van der Waals surface area (Å²) < 4.78 is 0. The molecule has 2 aromatic carbocycles. The van der Waals surface area contributed by atoms with Crippen molar-refractivity contribution in [3.05, 3.63) is 63.6 Å². The third-order valence-electron chi connectivity index (χ3n) is 5.65. The monoisotopic (exact) mass is 464 g/mol. The first kappa shape index (κ1) is 23.4. The van der Waals surface area contributed by atoms with Crippen molar-refractivity contribution in [2.45, 2.75) is 38.3 Å². The van der Waals surface area contributed by atoms with Crippen LogP contribution in [0.3, 0.4) is 0 Å². The molecule has 3 N–H and O–H groups in total. The highest BCUT2D eigenvalue weighted by atomic mass is 35.5. The number of rotatable bonds is 5. The molecule has 1 heterocycles. The normalized spacial score (nSPS) is 16.8. The number of hydrogen-bond donors (Lipinski definition) is 3. The average molecular weight is 465 g/mol. The number of carbonyl (C=O) groups excluding carboxylic acids is 2. The number of amides is 2. The van der Waals surface area contributed by atoms with Crippen LogP contribution >= 0.6 is 23.2 Å². The summed E-state index contributed by atoms with van der Waals surface area (Å²) in [7, 11) is 0. The van der Waals surface area contributed by atoms with Crippen molar-refractivity contribution >= 4 is 35.0 Å². The molecule has 1 saturated heterocycles. The van der Waals surface area contributed by atoms with Gasteiger partial charge in [0.1, 0.15) is 11.8 Å². The Labute approximate surface area is 191 Å². The number of phenolic OH excluding ortho intramolecular Hbond substituents is 1. The zero-order chi connectivity index (χ0) is 22.8. The number of halogens is 2. The molecule has 1 aliphatic rings. The van der Waals surface area contributed by atoms with Gasteiger partial charge in [0.05, 0.1) is 5.60 Å². The summed E-state index contributed by atoms with van der Waals surface area (Å²) in [4.78, 5) is 27.5. The van der Waals surface area contributed by atoms with E-state index in [9.17, 15) is 19.8 Å². The molecular formula is C23H26Cl2N2O4. The van der Waals surface area contributed by atoms with Crippen molar-refractivity contribution in [1.82, 2.24) is 10.2 Å².